The van der Waals surface area contributed by atoms with Crippen LogP contribution in [0.3, 0.4) is 0 Å². The molecule has 0 heterocycles. The van der Waals surface area contributed by atoms with Crippen molar-refractivity contribution in [2.45, 2.75) is 32.4 Å². The van der Waals surface area contributed by atoms with E-state index in [4.69, 9.17) is 4.74 Å². The van der Waals surface area contributed by atoms with Crippen molar-refractivity contribution in [2.75, 3.05) is 13.2 Å². The monoisotopic (exact) mass is 241 g/mol. The van der Waals surface area contributed by atoms with Crippen LogP contribution in [0.2, 0.25) is 0 Å². The zero-order valence-corrected chi connectivity index (χ0v) is 10.3. The largest absolute Gasteiger partial charge is 0.488 e. The summed E-state index contributed by atoms with van der Waals surface area (Å²) in [4.78, 5) is 0. The van der Waals surface area contributed by atoms with Crippen molar-refractivity contribution in [2.24, 2.45) is 0 Å². The highest BCUT2D eigenvalue weighted by Crippen LogP contribution is 2.15. The van der Waals surface area contributed by atoms with E-state index in [9.17, 15) is 9.50 Å². The molecule has 0 amide bonds. The molecular weight excluding hydrogens is 221 g/mol. The van der Waals surface area contributed by atoms with Gasteiger partial charge in [-0.25, -0.2) is 4.39 Å². The van der Waals surface area contributed by atoms with E-state index in [1.807, 2.05) is 6.92 Å². The molecule has 0 saturated heterocycles. The molecule has 0 spiro atoms. The Morgan fingerprint density at radius 3 is 2.76 bits per heavy atom. The molecule has 2 N–H and O–H groups in total. The molecule has 1 aromatic rings. The van der Waals surface area contributed by atoms with Gasteiger partial charge >= 0.3 is 0 Å². The van der Waals surface area contributed by atoms with Gasteiger partial charge in [0.25, 0.3) is 0 Å². The van der Waals surface area contributed by atoms with Crippen molar-refractivity contribution >= 4 is 0 Å². The maximum Gasteiger partial charge on any atom is 0.165 e. The van der Waals surface area contributed by atoms with E-state index >= 15 is 0 Å². The van der Waals surface area contributed by atoms with E-state index in [0.717, 1.165) is 6.42 Å². The molecule has 0 fully saturated rings. The summed E-state index contributed by atoms with van der Waals surface area (Å²) in [6.45, 7) is 4.65. The summed E-state index contributed by atoms with van der Waals surface area (Å²) in [7, 11) is 0. The van der Waals surface area contributed by atoms with Crippen LogP contribution in [0.1, 0.15) is 20.3 Å². The van der Waals surface area contributed by atoms with Crippen molar-refractivity contribution in [1.29, 1.82) is 0 Å². The second-order valence-corrected chi connectivity index (χ2v) is 4.11. The van der Waals surface area contributed by atoms with Gasteiger partial charge in [0.2, 0.25) is 0 Å². The van der Waals surface area contributed by atoms with Crippen molar-refractivity contribution in [1.82, 2.24) is 5.32 Å². The van der Waals surface area contributed by atoms with Crippen LogP contribution in [-0.4, -0.2) is 30.4 Å². The highest BCUT2D eigenvalue weighted by Gasteiger charge is 2.08. The molecular formula is C13H20FNO2. The zero-order valence-electron chi connectivity index (χ0n) is 10.3. The lowest BCUT2D eigenvalue weighted by Gasteiger charge is -2.16. The van der Waals surface area contributed by atoms with Crippen LogP contribution in [0.25, 0.3) is 0 Å². The standard InChI is InChI=1S/C13H20FNO2/c1-3-10(2)15-8-11(16)9-17-13-7-5-4-6-12(13)14/h4-7,10-11,15-16H,3,8-9H2,1-2H3/t10-,11+/m1/s1. The average molecular weight is 241 g/mol. The second kappa shape index (κ2) is 7.25. The van der Waals surface area contributed by atoms with E-state index < -0.39 is 11.9 Å². The third-order valence-corrected chi connectivity index (χ3v) is 2.58. The van der Waals surface area contributed by atoms with E-state index in [0.29, 0.717) is 12.6 Å². The molecule has 0 bridgehead atoms. The van der Waals surface area contributed by atoms with Gasteiger partial charge in [0.15, 0.2) is 11.6 Å². The van der Waals surface area contributed by atoms with Gasteiger partial charge in [-0.05, 0) is 25.5 Å². The van der Waals surface area contributed by atoms with E-state index in [1.165, 1.54) is 6.07 Å². The van der Waals surface area contributed by atoms with Gasteiger partial charge < -0.3 is 15.2 Å². The molecule has 0 aromatic heterocycles. The van der Waals surface area contributed by atoms with Crippen LogP contribution in [0.5, 0.6) is 5.75 Å². The lowest BCUT2D eigenvalue weighted by molar-refractivity contribution is 0.102. The first kappa shape index (κ1) is 13.9. The fraction of sp³-hybridized carbons (Fsp3) is 0.538. The molecule has 2 atom stereocenters. The van der Waals surface area contributed by atoms with E-state index in [-0.39, 0.29) is 12.4 Å². The predicted molar refractivity (Wildman–Crippen MR) is 65.7 cm³/mol. The average Bonchev–Trinajstić information content (AvgIpc) is 2.35. The first-order valence-corrected chi connectivity index (χ1v) is 5.92. The van der Waals surface area contributed by atoms with Crippen molar-refractivity contribution in [3.05, 3.63) is 30.1 Å². The molecule has 96 valence electrons. The van der Waals surface area contributed by atoms with Crippen LogP contribution >= 0.6 is 0 Å². The van der Waals surface area contributed by atoms with Gasteiger partial charge in [0.05, 0.1) is 0 Å². The normalized spacial score (nSPS) is 14.4. The number of aliphatic hydroxyl groups excluding tert-OH is 1. The summed E-state index contributed by atoms with van der Waals surface area (Å²) in [5, 5.41) is 12.8. The zero-order chi connectivity index (χ0) is 12.7. The Labute approximate surface area is 102 Å². The third kappa shape index (κ3) is 5.15. The van der Waals surface area contributed by atoms with E-state index in [2.05, 4.69) is 12.2 Å². The molecule has 0 saturated carbocycles. The molecule has 3 nitrogen and oxygen atoms in total. The molecule has 0 aliphatic rings. The number of hydrogen-bond donors (Lipinski definition) is 2. The van der Waals surface area contributed by atoms with Crippen molar-refractivity contribution in [3.8, 4) is 5.75 Å². The van der Waals surface area contributed by atoms with Gasteiger partial charge in [-0.2, -0.15) is 0 Å². The fourth-order valence-corrected chi connectivity index (χ4v) is 1.29. The van der Waals surface area contributed by atoms with Crippen LogP contribution in [0, 0.1) is 5.82 Å². The highest BCUT2D eigenvalue weighted by atomic mass is 19.1. The SMILES string of the molecule is CC[C@@H](C)NC[C@H](O)COc1ccccc1F. The Balaban J connectivity index is 2.28. The highest BCUT2D eigenvalue weighted by molar-refractivity contribution is 5.23. The minimum absolute atomic E-state index is 0.0877. The second-order valence-electron chi connectivity index (χ2n) is 4.11. The summed E-state index contributed by atoms with van der Waals surface area (Å²) < 4.78 is 18.4. The van der Waals surface area contributed by atoms with Crippen LogP contribution in [-0.2, 0) is 0 Å². The lowest BCUT2D eigenvalue weighted by atomic mass is 10.2. The first-order valence-electron chi connectivity index (χ1n) is 5.92. The molecule has 0 aliphatic heterocycles. The number of hydrogen-bond acceptors (Lipinski definition) is 3. The van der Waals surface area contributed by atoms with Crippen LogP contribution < -0.4 is 10.1 Å². The van der Waals surface area contributed by atoms with Gasteiger partial charge in [-0.3, -0.25) is 0 Å². The lowest BCUT2D eigenvalue weighted by Crippen LogP contribution is -2.36. The van der Waals surface area contributed by atoms with Gasteiger partial charge in [0, 0.05) is 12.6 Å². The smallest absolute Gasteiger partial charge is 0.165 e. The first-order chi connectivity index (χ1) is 8.13. The quantitative estimate of drug-likeness (QED) is 0.766. The summed E-state index contributed by atoms with van der Waals surface area (Å²) >= 11 is 0. The maximum absolute atomic E-state index is 13.2. The Hall–Kier alpha value is -1.13. The van der Waals surface area contributed by atoms with Crippen LogP contribution in [0.15, 0.2) is 24.3 Å². The Morgan fingerprint density at radius 2 is 2.12 bits per heavy atom. The van der Waals surface area contributed by atoms with E-state index in [1.54, 1.807) is 18.2 Å². The number of ether oxygens (including phenoxy) is 1. The molecule has 0 aliphatic carbocycles. The van der Waals surface area contributed by atoms with Crippen molar-refractivity contribution < 1.29 is 14.2 Å². The topological polar surface area (TPSA) is 41.5 Å². The van der Waals surface area contributed by atoms with Crippen molar-refractivity contribution in [3.63, 3.8) is 0 Å². The predicted octanol–water partition coefficient (Wildman–Crippen LogP) is 1.95. The molecule has 1 aromatic carbocycles. The fourth-order valence-electron chi connectivity index (χ4n) is 1.29. The minimum atomic E-state index is -0.636. The molecule has 17 heavy (non-hydrogen) atoms. The van der Waals surface area contributed by atoms with Gasteiger partial charge in [-0.1, -0.05) is 19.1 Å². The Bertz CT molecular complexity index is 333. The number of benzene rings is 1. The maximum atomic E-state index is 13.2. The summed E-state index contributed by atoms with van der Waals surface area (Å²) in [6, 6.07) is 6.53. The van der Waals surface area contributed by atoms with Gasteiger partial charge in [-0.15, -0.1) is 0 Å². The summed E-state index contributed by atoms with van der Waals surface area (Å²) in [6.07, 6.45) is 0.365. The number of nitrogens with one attached hydrogen (secondary N) is 1. The molecule has 0 unspecified atom stereocenters. The Kier molecular flexibility index (Phi) is 5.94. The summed E-state index contributed by atoms with van der Waals surface area (Å²) in [5.41, 5.74) is 0. The number of para-hydroxylation sites is 1. The molecule has 1 rings (SSSR count). The van der Waals surface area contributed by atoms with Crippen LogP contribution in [0.4, 0.5) is 4.39 Å². The molecule has 4 heteroatoms. The van der Waals surface area contributed by atoms with Gasteiger partial charge in [0.1, 0.15) is 12.7 Å². The Morgan fingerprint density at radius 1 is 1.41 bits per heavy atom. The summed E-state index contributed by atoms with van der Waals surface area (Å²) in [5.74, 6) is -0.232. The molecule has 0 radical (unpaired) electrons. The minimum Gasteiger partial charge on any atom is -0.488 e. The number of aliphatic hydroxyl groups is 1. The third-order valence-electron chi connectivity index (χ3n) is 2.58. The number of halogens is 1. The number of rotatable bonds is 7.